The third-order valence-corrected chi connectivity index (χ3v) is 9.09. The minimum atomic E-state index is -1.63. The Balaban J connectivity index is 1.58. The van der Waals surface area contributed by atoms with Gasteiger partial charge in [-0.2, -0.15) is 0 Å². The number of ether oxygens (including phenoxy) is 3. The number of para-hydroxylation sites is 1. The molecule has 0 N–H and O–H groups in total. The number of carbonyl (C=O) groups is 3. The van der Waals surface area contributed by atoms with Crippen molar-refractivity contribution in [1.82, 2.24) is 0 Å². The highest BCUT2D eigenvalue weighted by molar-refractivity contribution is 6.32. The lowest BCUT2D eigenvalue weighted by atomic mass is 9.64. The SMILES string of the molecule is COc1cc([C@H]2[C@@H](C(=O)c3ccccc3)N3c4ccccc4C=C[C@@H]3C23C(=O)c2ccccc2C3=O)cc(OC)c1OC. The minimum absolute atomic E-state index is 0.192. The molecule has 4 aromatic carbocycles. The first-order valence-corrected chi connectivity index (χ1v) is 14.1. The Kier molecular flexibility index (Phi) is 6.20. The van der Waals surface area contributed by atoms with Crippen molar-refractivity contribution < 1.29 is 28.6 Å². The van der Waals surface area contributed by atoms with Gasteiger partial charge in [-0.3, -0.25) is 14.4 Å². The van der Waals surface area contributed by atoms with E-state index in [9.17, 15) is 14.4 Å². The van der Waals surface area contributed by atoms with E-state index in [0.29, 0.717) is 39.5 Å². The molecule has 7 heteroatoms. The molecule has 0 radical (unpaired) electrons. The average Bonchev–Trinajstić information content (AvgIpc) is 3.50. The molecule has 2 aliphatic heterocycles. The summed E-state index contributed by atoms with van der Waals surface area (Å²) in [5, 5.41) is 0. The zero-order valence-electron chi connectivity index (χ0n) is 23.9. The second-order valence-electron chi connectivity index (χ2n) is 11.0. The average molecular weight is 572 g/mol. The smallest absolute Gasteiger partial charge is 0.203 e. The number of benzene rings is 4. The lowest BCUT2D eigenvalue weighted by Gasteiger charge is -2.37. The zero-order chi connectivity index (χ0) is 29.9. The molecule has 0 saturated carbocycles. The number of carbonyl (C=O) groups excluding carboxylic acids is 3. The van der Waals surface area contributed by atoms with E-state index in [1.807, 2.05) is 59.5 Å². The first-order valence-electron chi connectivity index (χ1n) is 14.1. The third-order valence-electron chi connectivity index (χ3n) is 9.09. The second kappa shape index (κ2) is 9.98. The molecule has 1 spiro atoms. The first-order chi connectivity index (χ1) is 21.0. The molecule has 7 nitrogen and oxygen atoms in total. The van der Waals surface area contributed by atoms with Crippen LogP contribution in [0.2, 0.25) is 0 Å². The summed E-state index contributed by atoms with van der Waals surface area (Å²) in [4.78, 5) is 46.4. The van der Waals surface area contributed by atoms with E-state index in [0.717, 1.165) is 11.3 Å². The number of hydrogen-bond acceptors (Lipinski definition) is 7. The summed E-state index contributed by atoms with van der Waals surface area (Å²) in [5.74, 6) is -0.571. The van der Waals surface area contributed by atoms with Crippen LogP contribution in [0.25, 0.3) is 6.08 Å². The number of fused-ring (bicyclic) bond motifs is 5. The Hall–Kier alpha value is -5.17. The van der Waals surface area contributed by atoms with Crippen molar-refractivity contribution in [2.75, 3.05) is 26.2 Å². The zero-order valence-corrected chi connectivity index (χ0v) is 23.9. The lowest BCUT2D eigenvalue weighted by Crippen LogP contribution is -2.48. The van der Waals surface area contributed by atoms with Crippen molar-refractivity contribution in [3.05, 3.63) is 125 Å². The van der Waals surface area contributed by atoms with Crippen LogP contribution in [0.15, 0.2) is 97.1 Å². The second-order valence-corrected chi connectivity index (χ2v) is 11.0. The largest absolute Gasteiger partial charge is 0.493 e. The molecule has 4 aromatic rings. The summed E-state index contributed by atoms with van der Waals surface area (Å²) in [7, 11) is 4.55. The predicted octanol–water partition coefficient (Wildman–Crippen LogP) is 6.03. The Morgan fingerprint density at radius 3 is 1.93 bits per heavy atom. The number of ketones is 3. The van der Waals surface area contributed by atoms with Crippen molar-refractivity contribution in [2.24, 2.45) is 5.41 Å². The summed E-state index contributed by atoms with van der Waals surface area (Å²) < 4.78 is 17.0. The van der Waals surface area contributed by atoms with Crippen molar-refractivity contribution in [2.45, 2.75) is 18.0 Å². The van der Waals surface area contributed by atoms with Crippen molar-refractivity contribution >= 4 is 29.1 Å². The molecule has 2 heterocycles. The normalized spacial score (nSPS) is 20.9. The molecule has 1 saturated heterocycles. The molecule has 0 unspecified atom stereocenters. The number of anilines is 1. The van der Waals surface area contributed by atoms with Crippen LogP contribution >= 0.6 is 0 Å². The molecule has 3 atom stereocenters. The Bertz CT molecular complexity index is 1770. The van der Waals surface area contributed by atoms with E-state index in [-0.39, 0.29) is 17.3 Å². The van der Waals surface area contributed by atoms with Crippen LogP contribution in [-0.2, 0) is 0 Å². The number of hydrogen-bond donors (Lipinski definition) is 0. The van der Waals surface area contributed by atoms with Crippen LogP contribution < -0.4 is 19.1 Å². The molecule has 3 aliphatic rings. The van der Waals surface area contributed by atoms with Gasteiger partial charge in [0.05, 0.1) is 27.4 Å². The quantitative estimate of drug-likeness (QED) is 0.207. The van der Waals surface area contributed by atoms with Crippen LogP contribution in [0, 0.1) is 5.41 Å². The van der Waals surface area contributed by atoms with Crippen LogP contribution in [-0.4, -0.2) is 50.8 Å². The number of rotatable bonds is 6. The highest BCUT2D eigenvalue weighted by Crippen LogP contribution is 2.61. The summed E-state index contributed by atoms with van der Waals surface area (Å²) in [6, 6.07) is 25.6. The molecule has 1 fully saturated rings. The topological polar surface area (TPSA) is 82.1 Å². The molecule has 0 aromatic heterocycles. The van der Waals surface area contributed by atoms with E-state index >= 15 is 0 Å². The summed E-state index contributed by atoms with van der Waals surface area (Å²) in [6.45, 7) is 0. The maximum Gasteiger partial charge on any atom is 0.203 e. The van der Waals surface area contributed by atoms with E-state index in [1.165, 1.54) is 21.3 Å². The minimum Gasteiger partial charge on any atom is -0.493 e. The fraction of sp³-hybridized carbons (Fsp3) is 0.194. The van der Waals surface area contributed by atoms with E-state index in [2.05, 4.69) is 0 Å². The molecule has 0 amide bonds. The van der Waals surface area contributed by atoms with Gasteiger partial charge in [0.25, 0.3) is 0 Å². The third kappa shape index (κ3) is 3.57. The monoisotopic (exact) mass is 571 g/mol. The highest BCUT2D eigenvalue weighted by atomic mass is 16.5. The first kappa shape index (κ1) is 26.7. The van der Waals surface area contributed by atoms with Gasteiger partial charge in [-0.15, -0.1) is 0 Å². The van der Waals surface area contributed by atoms with Crippen molar-refractivity contribution in [1.29, 1.82) is 0 Å². The number of nitrogens with zero attached hydrogens (tertiary/aromatic N) is 1. The predicted molar refractivity (Wildman–Crippen MR) is 163 cm³/mol. The van der Waals surface area contributed by atoms with Crippen LogP contribution in [0.3, 0.4) is 0 Å². The van der Waals surface area contributed by atoms with Gasteiger partial charge in [-0.05, 0) is 29.3 Å². The van der Waals surface area contributed by atoms with Crippen molar-refractivity contribution in [3.63, 3.8) is 0 Å². The van der Waals surface area contributed by atoms with Crippen molar-refractivity contribution in [3.8, 4) is 17.2 Å². The molecule has 0 bridgehead atoms. The maximum absolute atomic E-state index is 14.8. The van der Waals surface area contributed by atoms with Gasteiger partial charge in [0, 0.05) is 28.3 Å². The summed E-state index contributed by atoms with van der Waals surface area (Å²) in [6.07, 6.45) is 3.86. The molecular formula is C36H29NO6. The van der Waals surface area contributed by atoms with E-state index in [1.54, 1.807) is 48.5 Å². The van der Waals surface area contributed by atoms with E-state index in [4.69, 9.17) is 14.2 Å². The number of methoxy groups -OCH3 is 3. The maximum atomic E-state index is 14.8. The Labute approximate surface area is 249 Å². The van der Waals surface area contributed by atoms with Gasteiger partial charge in [0.1, 0.15) is 11.5 Å². The molecule has 214 valence electrons. The van der Waals surface area contributed by atoms with E-state index < -0.39 is 23.4 Å². The highest BCUT2D eigenvalue weighted by Gasteiger charge is 2.71. The Morgan fingerprint density at radius 1 is 0.744 bits per heavy atom. The molecule has 7 rings (SSSR count). The van der Waals surface area contributed by atoms with Gasteiger partial charge in [0.2, 0.25) is 5.75 Å². The van der Waals surface area contributed by atoms with Crippen LogP contribution in [0.5, 0.6) is 17.2 Å². The molecule has 1 aliphatic carbocycles. The Morgan fingerprint density at radius 2 is 1.33 bits per heavy atom. The molecule has 43 heavy (non-hydrogen) atoms. The fourth-order valence-electron chi connectivity index (χ4n) is 7.34. The lowest BCUT2D eigenvalue weighted by molar-refractivity contribution is 0.0665. The van der Waals surface area contributed by atoms with Crippen LogP contribution in [0.4, 0.5) is 5.69 Å². The summed E-state index contributed by atoms with van der Waals surface area (Å²) >= 11 is 0. The standard InChI is InChI=1S/C36H29NO6/c1-41-27-19-23(20-28(42-2)33(27)43-3)30-31(32(38)22-12-5-4-6-13-22)37-26-16-10-7-11-21(26)17-18-29(37)36(30)34(39)24-14-8-9-15-25(24)35(36)40/h4-20,29-31H,1-3H3/t29-,30+,31+/m1/s1. The van der Waals surface area contributed by atoms with Gasteiger partial charge >= 0.3 is 0 Å². The molecular weight excluding hydrogens is 542 g/mol. The fourth-order valence-corrected chi connectivity index (χ4v) is 7.34. The number of Topliss-reactive ketones (excluding diaryl/α,β-unsaturated/α-hetero) is 3. The van der Waals surface area contributed by atoms with Gasteiger partial charge in [0.15, 0.2) is 28.8 Å². The van der Waals surface area contributed by atoms with Crippen LogP contribution in [0.1, 0.15) is 48.1 Å². The van der Waals surface area contributed by atoms with Gasteiger partial charge in [-0.1, -0.05) is 84.9 Å². The van der Waals surface area contributed by atoms with Gasteiger partial charge in [-0.25, -0.2) is 0 Å². The summed E-state index contributed by atoms with van der Waals surface area (Å²) in [5.41, 5.74) is 1.85. The van der Waals surface area contributed by atoms with Gasteiger partial charge < -0.3 is 19.1 Å².